The first kappa shape index (κ1) is 9.26. The van der Waals surface area contributed by atoms with Crippen molar-refractivity contribution in [3.05, 3.63) is 30.3 Å². The van der Waals surface area contributed by atoms with E-state index in [4.69, 9.17) is 0 Å². The fraction of sp³-hybridized carbons (Fsp3) is 0.571. The molecule has 0 radical (unpaired) electrons. The average molecular weight is 201 g/mol. The van der Waals surface area contributed by atoms with Crippen LogP contribution in [-0.4, -0.2) is 11.6 Å². The second-order valence-electron chi connectivity index (χ2n) is 5.38. The molecule has 1 nitrogen and oxygen atoms in total. The highest BCUT2D eigenvalue weighted by atomic mass is 15.4. The van der Waals surface area contributed by atoms with Crippen LogP contribution in [0.3, 0.4) is 0 Å². The molecule has 3 unspecified atom stereocenters. The molecule has 0 bridgehead atoms. The molecule has 1 aliphatic carbocycles. The van der Waals surface area contributed by atoms with Gasteiger partial charge in [-0.25, -0.2) is 0 Å². The van der Waals surface area contributed by atoms with E-state index in [0.29, 0.717) is 5.54 Å². The van der Waals surface area contributed by atoms with Crippen LogP contribution >= 0.6 is 0 Å². The van der Waals surface area contributed by atoms with Gasteiger partial charge in [-0.15, -0.1) is 0 Å². The molecule has 1 saturated heterocycles. The van der Waals surface area contributed by atoms with Crippen LogP contribution in [-0.2, 0) is 0 Å². The third kappa shape index (κ3) is 1.22. The Balaban J connectivity index is 1.91. The lowest BCUT2D eigenvalue weighted by atomic mass is 9.84. The lowest BCUT2D eigenvalue weighted by molar-refractivity contribution is 0.387. The van der Waals surface area contributed by atoms with Crippen LogP contribution in [0.1, 0.15) is 33.1 Å². The summed E-state index contributed by atoms with van der Waals surface area (Å²) in [4.78, 5) is 2.63. The minimum Gasteiger partial charge on any atom is -0.358 e. The molecular formula is C14H19N. The van der Waals surface area contributed by atoms with E-state index in [2.05, 4.69) is 49.1 Å². The molecule has 1 heterocycles. The van der Waals surface area contributed by atoms with Crippen molar-refractivity contribution in [2.75, 3.05) is 4.90 Å². The average Bonchev–Trinajstić information content (AvgIpc) is 2.87. The quantitative estimate of drug-likeness (QED) is 0.629. The fourth-order valence-electron chi connectivity index (χ4n) is 3.58. The van der Waals surface area contributed by atoms with Crippen LogP contribution in [0.15, 0.2) is 30.3 Å². The fourth-order valence-corrected chi connectivity index (χ4v) is 3.58. The second kappa shape index (κ2) is 3.01. The van der Waals surface area contributed by atoms with Gasteiger partial charge in [-0.3, -0.25) is 0 Å². The van der Waals surface area contributed by atoms with Crippen LogP contribution in [0, 0.1) is 5.92 Å². The van der Waals surface area contributed by atoms with Gasteiger partial charge in [0, 0.05) is 5.69 Å². The van der Waals surface area contributed by atoms with Gasteiger partial charge in [0.1, 0.15) is 0 Å². The predicted octanol–water partition coefficient (Wildman–Crippen LogP) is 3.45. The zero-order valence-corrected chi connectivity index (χ0v) is 9.61. The first-order valence-corrected chi connectivity index (χ1v) is 6.08. The van der Waals surface area contributed by atoms with Crippen molar-refractivity contribution >= 4 is 5.69 Å². The third-order valence-corrected chi connectivity index (χ3v) is 4.31. The summed E-state index contributed by atoms with van der Waals surface area (Å²) in [5, 5.41) is 0. The van der Waals surface area contributed by atoms with E-state index in [0.717, 1.165) is 12.0 Å². The summed E-state index contributed by atoms with van der Waals surface area (Å²) >= 11 is 0. The monoisotopic (exact) mass is 201 g/mol. The van der Waals surface area contributed by atoms with Gasteiger partial charge in [-0.1, -0.05) is 31.5 Å². The minimum absolute atomic E-state index is 0.471. The first-order chi connectivity index (χ1) is 7.23. The predicted molar refractivity (Wildman–Crippen MR) is 64.1 cm³/mol. The largest absolute Gasteiger partial charge is 0.358 e. The molecule has 1 heteroatoms. The number of hydrogen-bond acceptors (Lipinski definition) is 1. The maximum atomic E-state index is 2.63. The molecule has 1 aliphatic heterocycles. The SMILES string of the molecule is CC1CCCC2(C)C1N2c1ccccc1. The molecule has 3 atom stereocenters. The van der Waals surface area contributed by atoms with Gasteiger partial charge in [0.05, 0.1) is 11.6 Å². The first-order valence-electron chi connectivity index (χ1n) is 6.08. The molecule has 1 saturated carbocycles. The number of fused-ring (bicyclic) bond motifs is 1. The van der Waals surface area contributed by atoms with E-state index in [1.54, 1.807) is 0 Å². The molecule has 0 amide bonds. The number of rotatable bonds is 1. The summed E-state index contributed by atoms with van der Waals surface area (Å²) < 4.78 is 0. The molecule has 0 aromatic heterocycles. The Morgan fingerprint density at radius 3 is 2.67 bits per heavy atom. The molecule has 15 heavy (non-hydrogen) atoms. The van der Waals surface area contributed by atoms with Crippen molar-refractivity contribution in [3.63, 3.8) is 0 Å². The van der Waals surface area contributed by atoms with Gasteiger partial charge < -0.3 is 4.90 Å². The lowest BCUT2D eigenvalue weighted by Gasteiger charge is -2.18. The van der Waals surface area contributed by atoms with E-state index in [1.807, 2.05) is 0 Å². The Morgan fingerprint density at radius 1 is 1.27 bits per heavy atom. The highest BCUT2D eigenvalue weighted by molar-refractivity contribution is 5.60. The molecular weight excluding hydrogens is 182 g/mol. The molecule has 2 aliphatic rings. The van der Waals surface area contributed by atoms with E-state index >= 15 is 0 Å². The number of hydrogen-bond donors (Lipinski definition) is 0. The molecule has 0 N–H and O–H groups in total. The summed E-state index contributed by atoms with van der Waals surface area (Å²) in [6.07, 6.45) is 4.18. The summed E-state index contributed by atoms with van der Waals surface area (Å²) in [6, 6.07) is 11.7. The molecule has 80 valence electrons. The standard InChI is InChI=1S/C14H19N/c1-11-7-6-10-14(2)13(11)15(14)12-8-4-3-5-9-12/h3-5,8-9,11,13H,6-7,10H2,1-2H3. The number of nitrogens with zero attached hydrogens (tertiary/aromatic N) is 1. The van der Waals surface area contributed by atoms with Crippen molar-refractivity contribution in [2.24, 2.45) is 5.92 Å². The Labute approximate surface area is 92.1 Å². The Morgan fingerprint density at radius 2 is 2.00 bits per heavy atom. The Bertz CT molecular complexity index is 359. The van der Waals surface area contributed by atoms with Crippen molar-refractivity contribution in [3.8, 4) is 0 Å². The highest BCUT2D eigenvalue weighted by Crippen LogP contribution is 2.55. The van der Waals surface area contributed by atoms with Gasteiger partial charge >= 0.3 is 0 Å². The van der Waals surface area contributed by atoms with Crippen LogP contribution < -0.4 is 4.90 Å². The molecule has 0 spiro atoms. The summed E-state index contributed by atoms with van der Waals surface area (Å²) in [6.45, 7) is 4.84. The van der Waals surface area contributed by atoms with Gasteiger partial charge in [0.15, 0.2) is 0 Å². The number of para-hydroxylation sites is 1. The maximum Gasteiger partial charge on any atom is 0.0584 e. The van der Waals surface area contributed by atoms with Crippen molar-refractivity contribution < 1.29 is 0 Å². The highest BCUT2D eigenvalue weighted by Gasteiger charge is 2.62. The van der Waals surface area contributed by atoms with Gasteiger partial charge in [0.2, 0.25) is 0 Å². The maximum absolute atomic E-state index is 2.63. The second-order valence-corrected chi connectivity index (χ2v) is 5.38. The van der Waals surface area contributed by atoms with Crippen molar-refractivity contribution in [2.45, 2.75) is 44.7 Å². The van der Waals surface area contributed by atoms with Crippen LogP contribution in [0.5, 0.6) is 0 Å². The van der Waals surface area contributed by atoms with Gasteiger partial charge in [0.25, 0.3) is 0 Å². The summed E-state index contributed by atoms with van der Waals surface area (Å²) in [5.41, 5.74) is 1.89. The number of anilines is 1. The molecule has 3 rings (SSSR count). The van der Waals surface area contributed by atoms with E-state index in [9.17, 15) is 0 Å². The zero-order chi connectivity index (χ0) is 10.5. The van der Waals surface area contributed by atoms with E-state index < -0.39 is 0 Å². The van der Waals surface area contributed by atoms with Gasteiger partial charge in [-0.05, 0) is 37.8 Å². The number of benzene rings is 1. The van der Waals surface area contributed by atoms with E-state index in [1.165, 1.54) is 24.9 Å². The normalized spacial score (nSPS) is 38.7. The smallest absolute Gasteiger partial charge is 0.0584 e. The summed E-state index contributed by atoms with van der Waals surface area (Å²) in [5.74, 6) is 0.865. The van der Waals surface area contributed by atoms with Gasteiger partial charge in [-0.2, -0.15) is 0 Å². The van der Waals surface area contributed by atoms with Crippen molar-refractivity contribution in [1.82, 2.24) is 0 Å². The Hall–Kier alpha value is -0.980. The Kier molecular flexibility index (Phi) is 1.86. The zero-order valence-electron chi connectivity index (χ0n) is 9.61. The summed E-state index contributed by atoms with van der Waals surface area (Å²) in [7, 11) is 0. The molecule has 1 aromatic rings. The van der Waals surface area contributed by atoms with Crippen LogP contribution in [0.2, 0.25) is 0 Å². The molecule has 2 fully saturated rings. The topological polar surface area (TPSA) is 3.01 Å². The lowest BCUT2D eigenvalue weighted by Crippen LogP contribution is -2.21. The van der Waals surface area contributed by atoms with Crippen molar-refractivity contribution in [1.29, 1.82) is 0 Å². The van der Waals surface area contributed by atoms with E-state index in [-0.39, 0.29) is 0 Å². The molecule has 1 aromatic carbocycles. The third-order valence-electron chi connectivity index (χ3n) is 4.31. The van der Waals surface area contributed by atoms with Crippen LogP contribution in [0.25, 0.3) is 0 Å². The van der Waals surface area contributed by atoms with Crippen LogP contribution in [0.4, 0.5) is 5.69 Å². The minimum atomic E-state index is 0.471.